The van der Waals surface area contributed by atoms with Crippen LogP contribution in [0.4, 0.5) is 0 Å². The molecule has 1 N–H and O–H groups in total. The Morgan fingerprint density at radius 1 is 1.28 bits per heavy atom. The number of rotatable bonds is 4. The molecule has 1 aromatic carbocycles. The minimum atomic E-state index is 0.876. The molecule has 0 saturated carbocycles. The maximum atomic E-state index is 4.39. The van der Waals surface area contributed by atoms with Crippen LogP contribution in [0.1, 0.15) is 11.1 Å². The third-order valence-electron chi connectivity index (χ3n) is 2.50. The van der Waals surface area contributed by atoms with Crippen molar-refractivity contribution in [3.63, 3.8) is 0 Å². The molecule has 1 heterocycles. The Bertz CT molecular complexity index is 526. The molecule has 0 bridgehead atoms. The number of nitrogens with one attached hydrogen (secondary N) is 1. The standard InChI is InChI=1S/C14H15BrN2S/c1-10-3-5-13(11(7-10)8-16-2)18-14-6-4-12(15)9-17-14/h3-7,9,16H,8H2,1-2H3. The highest BCUT2D eigenvalue weighted by molar-refractivity contribution is 9.10. The summed E-state index contributed by atoms with van der Waals surface area (Å²) in [4.78, 5) is 5.65. The first-order valence-electron chi connectivity index (χ1n) is 5.72. The van der Waals surface area contributed by atoms with Gasteiger partial charge >= 0.3 is 0 Å². The lowest BCUT2D eigenvalue weighted by Crippen LogP contribution is -2.06. The van der Waals surface area contributed by atoms with Gasteiger partial charge in [0.1, 0.15) is 5.03 Å². The van der Waals surface area contributed by atoms with Crippen LogP contribution in [0.25, 0.3) is 0 Å². The summed E-state index contributed by atoms with van der Waals surface area (Å²) in [6.45, 7) is 2.99. The fourth-order valence-electron chi connectivity index (χ4n) is 1.67. The van der Waals surface area contributed by atoms with Crippen molar-refractivity contribution in [1.29, 1.82) is 0 Å². The fraction of sp³-hybridized carbons (Fsp3) is 0.214. The summed E-state index contributed by atoms with van der Waals surface area (Å²) in [7, 11) is 1.97. The lowest BCUT2D eigenvalue weighted by Gasteiger charge is -2.09. The third kappa shape index (κ3) is 3.57. The zero-order valence-corrected chi connectivity index (χ0v) is 12.8. The number of aryl methyl sites for hydroxylation is 1. The summed E-state index contributed by atoms with van der Waals surface area (Å²) < 4.78 is 1.01. The zero-order chi connectivity index (χ0) is 13.0. The second-order valence-electron chi connectivity index (χ2n) is 4.06. The molecule has 0 aliphatic carbocycles. The molecule has 2 nitrogen and oxygen atoms in total. The van der Waals surface area contributed by atoms with E-state index in [1.807, 2.05) is 25.4 Å². The Labute approximate surface area is 120 Å². The molecule has 0 unspecified atom stereocenters. The number of pyridine rings is 1. The average Bonchev–Trinajstić information content (AvgIpc) is 2.36. The summed E-state index contributed by atoms with van der Waals surface area (Å²) in [5.74, 6) is 0. The quantitative estimate of drug-likeness (QED) is 0.920. The van der Waals surface area contributed by atoms with Crippen LogP contribution in [0.3, 0.4) is 0 Å². The predicted molar refractivity (Wildman–Crippen MR) is 80.0 cm³/mol. The first kappa shape index (κ1) is 13.6. The van der Waals surface area contributed by atoms with E-state index in [-0.39, 0.29) is 0 Å². The van der Waals surface area contributed by atoms with Crippen LogP contribution >= 0.6 is 27.7 Å². The molecule has 0 fully saturated rings. The van der Waals surface area contributed by atoms with Crippen LogP contribution in [0.2, 0.25) is 0 Å². The van der Waals surface area contributed by atoms with E-state index in [1.54, 1.807) is 11.8 Å². The van der Waals surface area contributed by atoms with E-state index in [1.165, 1.54) is 16.0 Å². The van der Waals surface area contributed by atoms with Crippen molar-refractivity contribution in [2.24, 2.45) is 0 Å². The molecule has 0 spiro atoms. The molecule has 94 valence electrons. The number of hydrogen-bond donors (Lipinski definition) is 1. The van der Waals surface area contributed by atoms with E-state index in [0.717, 1.165) is 16.0 Å². The Morgan fingerprint density at radius 3 is 2.78 bits per heavy atom. The molecule has 1 aromatic heterocycles. The highest BCUT2D eigenvalue weighted by Gasteiger charge is 2.05. The largest absolute Gasteiger partial charge is 0.316 e. The van der Waals surface area contributed by atoms with Gasteiger partial charge in [-0.3, -0.25) is 0 Å². The van der Waals surface area contributed by atoms with Crippen LogP contribution in [0.5, 0.6) is 0 Å². The Balaban J connectivity index is 2.25. The van der Waals surface area contributed by atoms with Crippen molar-refractivity contribution in [3.8, 4) is 0 Å². The molecule has 18 heavy (non-hydrogen) atoms. The smallest absolute Gasteiger partial charge is 0.101 e. The van der Waals surface area contributed by atoms with Crippen molar-refractivity contribution >= 4 is 27.7 Å². The van der Waals surface area contributed by atoms with Crippen molar-refractivity contribution in [2.75, 3.05) is 7.05 Å². The maximum Gasteiger partial charge on any atom is 0.101 e. The molecule has 0 aliphatic rings. The van der Waals surface area contributed by atoms with Gasteiger partial charge in [-0.1, -0.05) is 29.5 Å². The van der Waals surface area contributed by atoms with Gasteiger partial charge in [0, 0.05) is 22.1 Å². The first-order valence-corrected chi connectivity index (χ1v) is 7.33. The van der Waals surface area contributed by atoms with Gasteiger partial charge in [-0.15, -0.1) is 0 Å². The molecule has 2 aromatic rings. The Kier molecular flexibility index (Phi) is 4.80. The second-order valence-corrected chi connectivity index (χ2v) is 6.04. The number of hydrogen-bond acceptors (Lipinski definition) is 3. The van der Waals surface area contributed by atoms with Gasteiger partial charge in [-0.25, -0.2) is 4.98 Å². The molecule has 0 radical (unpaired) electrons. The molecule has 2 rings (SSSR count). The second kappa shape index (κ2) is 6.36. The minimum absolute atomic E-state index is 0.876. The van der Waals surface area contributed by atoms with Crippen LogP contribution in [-0.4, -0.2) is 12.0 Å². The van der Waals surface area contributed by atoms with E-state index in [0.29, 0.717) is 0 Å². The summed E-state index contributed by atoms with van der Waals surface area (Å²) in [6.07, 6.45) is 1.83. The number of aromatic nitrogens is 1. The molecule has 4 heteroatoms. The van der Waals surface area contributed by atoms with Crippen LogP contribution in [0, 0.1) is 6.92 Å². The van der Waals surface area contributed by atoms with Gasteiger partial charge in [0.25, 0.3) is 0 Å². The van der Waals surface area contributed by atoms with Gasteiger partial charge in [0.15, 0.2) is 0 Å². The highest BCUT2D eigenvalue weighted by Crippen LogP contribution is 2.30. The van der Waals surface area contributed by atoms with Gasteiger partial charge in [0.05, 0.1) is 0 Å². The fourth-order valence-corrected chi connectivity index (χ4v) is 2.77. The van der Waals surface area contributed by atoms with E-state index in [2.05, 4.69) is 51.4 Å². The number of nitrogens with zero attached hydrogens (tertiary/aromatic N) is 1. The molecule has 0 amide bonds. The van der Waals surface area contributed by atoms with Crippen molar-refractivity contribution in [3.05, 3.63) is 52.1 Å². The molecule has 0 atom stereocenters. The van der Waals surface area contributed by atoms with E-state index in [4.69, 9.17) is 0 Å². The van der Waals surface area contributed by atoms with E-state index in [9.17, 15) is 0 Å². The van der Waals surface area contributed by atoms with Crippen LogP contribution in [-0.2, 0) is 6.54 Å². The monoisotopic (exact) mass is 322 g/mol. The topological polar surface area (TPSA) is 24.9 Å². The molecule has 0 saturated heterocycles. The molecule has 0 aliphatic heterocycles. The van der Waals surface area contributed by atoms with Crippen LogP contribution in [0.15, 0.2) is 50.9 Å². The number of benzene rings is 1. The lowest BCUT2D eigenvalue weighted by molar-refractivity contribution is 0.802. The zero-order valence-electron chi connectivity index (χ0n) is 10.4. The maximum absolute atomic E-state index is 4.39. The minimum Gasteiger partial charge on any atom is -0.316 e. The summed E-state index contributed by atoms with van der Waals surface area (Å²) >= 11 is 5.10. The third-order valence-corrected chi connectivity index (χ3v) is 4.04. The summed E-state index contributed by atoms with van der Waals surface area (Å²) in [6, 6.07) is 10.6. The normalized spacial score (nSPS) is 10.6. The summed E-state index contributed by atoms with van der Waals surface area (Å²) in [5.41, 5.74) is 2.60. The first-order chi connectivity index (χ1) is 8.69. The Morgan fingerprint density at radius 2 is 2.11 bits per heavy atom. The summed E-state index contributed by atoms with van der Waals surface area (Å²) in [5, 5.41) is 4.22. The van der Waals surface area contributed by atoms with Crippen molar-refractivity contribution in [1.82, 2.24) is 10.3 Å². The van der Waals surface area contributed by atoms with E-state index < -0.39 is 0 Å². The lowest BCUT2D eigenvalue weighted by atomic mass is 10.1. The molecular formula is C14H15BrN2S. The van der Waals surface area contributed by atoms with Gasteiger partial charge in [-0.2, -0.15) is 0 Å². The SMILES string of the molecule is CNCc1cc(C)ccc1Sc1ccc(Br)cn1. The van der Waals surface area contributed by atoms with Gasteiger partial charge in [-0.05, 0) is 53.7 Å². The van der Waals surface area contributed by atoms with Gasteiger partial charge < -0.3 is 5.32 Å². The predicted octanol–water partition coefficient (Wildman–Crippen LogP) is 4.02. The van der Waals surface area contributed by atoms with Gasteiger partial charge in [0.2, 0.25) is 0 Å². The molecular weight excluding hydrogens is 308 g/mol. The van der Waals surface area contributed by atoms with E-state index >= 15 is 0 Å². The Hall–Kier alpha value is -0.840. The highest BCUT2D eigenvalue weighted by atomic mass is 79.9. The van der Waals surface area contributed by atoms with Crippen molar-refractivity contribution < 1.29 is 0 Å². The average molecular weight is 323 g/mol. The number of halogens is 1. The van der Waals surface area contributed by atoms with Crippen molar-refractivity contribution in [2.45, 2.75) is 23.4 Å². The van der Waals surface area contributed by atoms with Crippen LogP contribution < -0.4 is 5.32 Å².